The SMILES string of the molecule is O=C(c1ccc(Br)o1)N1CCCCC(c2ccc(Cl)cc2)C1. The second-order valence-electron chi connectivity index (χ2n) is 5.60. The number of hydrogen-bond acceptors (Lipinski definition) is 2. The molecule has 1 amide bonds. The summed E-state index contributed by atoms with van der Waals surface area (Å²) >= 11 is 9.21. The Labute approximate surface area is 143 Å². The summed E-state index contributed by atoms with van der Waals surface area (Å²) in [6.45, 7) is 1.50. The van der Waals surface area contributed by atoms with E-state index in [0.29, 0.717) is 16.3 Å². The Morgan fingerprint density at radius 3 is 2.64 bits per heavy atom. The van der Waals surface area contributed by atoms with Crippen LogP contribution in [0.4, 0.5) is 0 Å². The van der Waals surface area contributed by atoms with Gasteiger partial charge in [0.1, 0.15) is 0 Å². The molecule has 0 bridgehead atoms. The Balaban J connectivity index is 1.77. The molecule has 0 spiro atoms. The van der Waals surface area contributed by atoms with Crippen molar-refractivity contribution in [1.82, 2.24) is 4.90 Å². The number of halogens is 2. The van der Waals surface area contributed by atoms with Crippen LogP contribution in [0.1, 0.15) is 41.3 Å². The Hall–Kier alpha value is -1.26. The predicted molar refractivity (Wildman–Crippen MR) is 90.4 cm³/mol. The van der Waals surface area contributed by atoms with Crippen molar-refractivity contribution in [3.63, 3.8) is 0 Å². The fraction of sp³-hybridized carbons (Fsp3) is 0.353. The van der Waals surface area contributed by atoms with Gasteiger partial charge in [-0.2, -0.15) is 0 Å². The quantitative estimate of drug-likeness (QED) is 0.723. The monoisotopic (exact) mass is 381 g/mol. The summed E-state index contributed by atoms with van der Waals surface area (Å²) in [5.74, 6) is 0.706. The molecule has 22 heavy (non-hydrogen) atoms. The summed E-state index contributed by atoms with van der Waals surface area (Å²) in [5, 5.41) is 0.741. The third kappa shape index (κ3) is 3.55. The fourth-order valence-electron chi connectivity index (χ4n) is 2.92. The predicted octanol–water partition coefficient (Wildman–Crippen LogP) is 5.11. The van der Waals surface area contributed by atoms with E-state index in [4.69, 9.17) is 16.0 Å². The number of nitrogens with zero attached hydrogens (tertiary/aromatic N) is 1. The van der Waals surface area contributed by atoms with Gasteiger partial charge in [0.25, 0.3) is 5.91 Å². The molecule has 1 atom stereocenters. The average molecular weight is 383 g/mol. The number of benzene rings is 1. The van der Waals surface area contributed by atoms with E-state index in [1.54, 1.807) is 12.1 Å². The van der Waals surface area contributed by atoms with Gasteiger partial charge in [0.15, 0.2) is 10.4 Å². The van der Waals surface area contributed by atoms with E-state index in [1.807, 2.05) is 17.0 Å². The molecule has 0 saturated carbocycles. The molecule has 0 radical (unpaired) electrons. The van der Waals surface area contributed by atoms with Crippen molar-refractivity contribution in [2.24, 2.45) is 0 Å². The summed E-state index contributed by atoms with van der Waals surface area (Å²) < 4.78 is 5.99. The van der Waals surface area contributed by atoms with Gasteiger partial charge in [0.05, 0.1) is 0 Å². The van der Waals surface area contributed by atoms with Crippen LogP contribution < -0.4 is 0 Å². The minimum Gasteiger partial charge on any atom is -0.444 e. The van der Waals surface area contributed by atoms with Crippen molar-refractivity contribution in [3.05, 3.63) is 57.4 Å². The number of rotatable bonds is 2. The number of carbonyl (C=O) groups is 1. The minimum absolute atomic E-state index is 0.0356. The van der Waals surface area contributed by atoms with Gasteiger partial charge in [-0.15, -0.1) is 0 Å². The summed E-state index contributed by atoms with van der Waals surface area (Å²) in [5.41, 5.74) is 1.24. The van der Waals surface area contributed by atoms with E-state index in [9.17, 15) is 4.79 Å². The van der Waals surface area contributed by atoms with Crippen molar-refractivity contribution in [3.8, 4) is 0 Å². The smallest absolute Gasteiger partial charge is 0.289 e. The normalized spacial score (nSPS) is 19.0. The van der Waals surface area contributed by atoms with Crippen molar-refractivity contribution < 1.29 is 9.21 Å². The molecule has 5 heteroatoms. The lowest BCUT2D eigenvalue weighted by molar-refractivity contribution is 0.0721. The molecule has 3 rings (SSSR count). The topological polar surface area (TPSA) is 33.5 Å². The van der Waals surface area contributed by atoms with Crippen LogP contribution in [-0.4, -0.2) is 23.9 Å². The molecule has 0 aliphatic carbocycles. The average Bonchev–Trinajstić information content (AvgIpc) is 2.81. The van der Waals surface area contributed by atoms with Crippen molar-refractivity contribution >= 4 is 33.4 Å². The highest BCUT2D eigenvalue weighted by molar-refractivity contribution is 9.10. The Kier molecular flexibility index (Phi) is 4.89. The highest BCUT2D eigenvalue weighted by atomic mass is 79.9. The molecule has 1 unspecified atom stereocenters. The first-order valence-electron chi connectivity index (χ1n) is 7.43. The van der Waals surface area contributed by atoms with Crippen LogP contribution in [0.2, 0.25) is 5.02 Å². The maximum absolute atomic E-state index is 12.6. The Bertz CT molecular complexity index is 653. The van der Waals surface area contributed by atoms with Crippen molar-refractivity contribution in [1.29, 1.82) is 0 Å². The molecule has 1 aromatic carbocycles. The molecular weight excluding hydrogens is 366 g/mol. The van der Waals surface area contributed by atoms with E-state index in [1.165, 1.54) is 5.56 Å². The zero-order chi connectivity index (χ0) is 15.5. The van der Waals surface area contributed by atoms with Crippen molar-refractivity contribution in [2.75, 3.05) is 13.1 Å². The van der Waals surface area contributed by atoms with E-state index in [2.05, 4.69) is 28.1 Å². The number of likely N-dealkylation sites (tertiary alicyclic amines) is 1. The molecule has 0 N–H and O–H groups in total. The zero-order valence-electron chi connectivity index (χ0n) is 12.1. The molecule has 1 aromatic heterocycles. The lowest BCUT2D eigenvalue weighted by atomic mass is 9.94. The molecule has 1 aliphatic heterocycles. The molecular formula is C17H17BrClNO2. The Morgan fingerprint density at radius 1 is 1.18 bits per heavy atom. The summed E-state index contributed by atoms with van der Waals surface area (Å²) in [6.07, 6.45) is 3.24. The van der Waals surface area contributed by atoms with Gasteiger partial charge in [-0.1, -0.05) is 30.2 Å². The third-order valence-electron chi connectivity index (χ3n) is 4.08. The lowest BCUT2D eigenvalue weighted by Crippen LogP contribution is -2.33. The number of carbonyl (C=O) groups excluding carboxylic acids is 1. The van der Waals surface area contributed by atoms with Crippen LogP contribution in [0, 0.1) is 0 Å². The molecule has 2 aromatic rings. The van der Waals surface area contributed by atoms with E-state index in [0.717, 1.165) is 37.4 Å². The summed E-state index contributed by atoms with van der Waals surface area (Å²) in [6, 6.07) is 11.4. The largest absolute Gasteiger partial charge is 0.444 e. The first-order valence-corrected chi connectivity index (χ1v) is 8.60. The fourth-order valence-corrected chi connectivity index (χ4v) is 3.35. The molecule has 2 heterocycles. The molecule has 1 fully saturated rings. The van der Waals surface area contributed by atoms with Crippen LogP contribution >= 0.6 is 27.5 Å². The third-order valence-corrected chi connectivity index (χ3v) is 4.76. The van der Waals surface area contributed by atoms with Gasteiger partial charge in [-0.25, -0.2) is 0 Å². The van der Waals surface area contributed by atoms with Gasteiger partial charge in [-0.3, -0.25) is 4.79 Å². The van der Waals surface area contributed by atoms with Gasteiger partial charge in [-0.05, 0) is 58.6 Å². The number of hydrogen-bond donors (Lipinski definition) is 0. The van der Waals surface area contributed by atoms with Crippen LogP contribution in [0.3, 0.4) is 0 Å². The second kappa shape index (κ2) is 6.88. The van der Waals surface area contributed by atoms with Gasteiger partial charge in [0.2, 0.25) is 0 Å². The van der Waals surface area contributed by atoms with Gasteiger partial charge in [0, 0.05) is 24.0 Å². The van der Waals surface area contributed by atoms with Crippen LogP contribution in [0.25, 0.3) is 0 Å². The zero-order valence-corrected chi connectivity index (χ0v) is 14.4. The molecule has 1 aliphatic rings. The van der Waals surface area contributed by atoms with Gasteiger partial charge >= 0.3 is 0 Å². The summed E-state index contributed by atoms with van der Waals surface area (Å²) in [4.78, 5) is 14.5. The number of furan rings is 1. The van der Waals surface area contributed by atoms with Crippen LogP contribution in [-0.2, 0) is 0 Å². The minimum atomic E-state index is -0.0356. The second-order valence-corrected chi connectivity index (χ2v) is 6.82. The first kappa shape index (κ1) is 15.6. The lowest BCUT2D eigenvalue weighted by Gasteiger charge is -2.24. The summed E-state index contributed by atoms with van der Waals surface area (Å²) in [7, 11) is 0. The van der Waals surface area contributed by atoms with Crippen molar-refractivity contribution in [2.45, 2.75) is 25.2 Å². The Morgan fingerprint density at radius 2 is 1.95 bits per heavy atom. The first-order chi connectivity index (χ1) is 10.6. The van der Waals surface area contributed by atoms with E-state index < -0.39 is 0 Å². The highest BCUT2D eigenvalue weighted by Gasteiger charge is 2.25. The number of amides is 1. The van der Waals surface area contributed by atoms with E-state index >= 15 is 0 Å². The molecule has 116 valence electrons. The van der Waals surface area contributed by atoms with Crippen LogP contribution in [0.15, 0.2) is 45.5 Å². The standard InChI is InChI=1S/C17H17BrClNO2/c18-16-9-8-15(22-16)17(21)20-10-2-1-3-13(11-20)12-4-6-14(19)7-5-12/h4-9,13H,1-3,10-11H2. The maximum Gasteiger partial charge on any atom is 0.289 e. The molecule has 3 nitrogen and oxygen atoms in total. The van der Waals surface area contributed by atoms with Gasteiger partial charge < -0.3 is 9.32 Å². The molecule has 1 saturated heterocycles. The van der Waals surface area contributed by atoms with E-state index in [-0.39, 0.29) is 5.91 Å². The van der Waals surface area contributed by atoms with Crippen LogP contribution in [0.5, 0.6) is 0 Å². The highest BCUT2D eigenvalue weighted by Crippen LogP contribution is 2.28. The maximum atomic E-state index is 12.6.